The quantitative estimate of drug-likeness (QED) is 0.349. The summed E-state index contributed by atoms with van der Waals surface area (Å²) in [5.74, 6) is 0.875. The number of rotatable bonds is 14. The second-order valence-electron chi connectivity index (χ2n) is 5.62. The van der Waals surface area contributed by atoms with Gasteiger partial charge in [-0.05, 0) is 31.7 Å². The van der Waals surface area contributed by atoms with Crippen molar-refractivity contribution in [2.45, 2.75) is 32.6 Å². The maximum atomic E-state index is 5.62. The van der Waals surface area contributed by atoms with Gasteiger partial charge in [-0.1, -0.05) is 29.3 Å². The maximum absolute atomic E-state index is 5.62. The first kappa shape index (κ1) is 19.4. The topological polar surface area (TPSA) is 30.9 Å². The van der Waals surface area contributed by atoms with Gasteiger partial charge in [-0.2, -0.15) is 0 Å². The Hall–Kier alpha value is 0.320. The van der Waals surface area contributed by atoms with E-state index in [1.165, 1.54) is 32.4 Å². The van der Waals surface area contributed by atoms with Gasteiger partial charge < -0.3 is 19.1 Å². The predicted octanol–water partition coefficient (Wildman–Crippen LogP) is 2.94. The van der Waals surface area contributed by atoms with Gasteiger partial charge in [0, 0.05) is 25.0 Å². The highest BCUT2D eigenvalue weighted by atomic mass is 79.9. The lowest BCUT2D eigenvalue weighted by Gasteiger charge is -2.15. The summed E-state index contributed by atoms with van der Waals surface area (Å²) in [5, 5.41) is 1.13. The Balaban J connectivity index is 1.77. The van der Waals surface area contributed by atoms with Crippen molar-refractivity contribution < 1.29 is 14.2 Å². The third kappa shape index (κ3) is 10.6. The molecule has 21 heavy (non-hydrogen) atoms. The zero-order valence-corrected chi connectivity index (χ0v) is 15.1. The van der Waals surface area contributed by atoms with Crippen molar-refractivity contribution in [1.29, 1.82) is 0 Å². The largest absolute Gasteiger partial charge is 0.379 e. The van der Waals surface area contributed by atoms with Gasteiger partial charge in [-0.15, -0.1) is 0 Å². The van der Waals surface area contributed by atoms with E-state index in [0.717, 1.165) is 37.4 Å². The Labute approximate surface area is 138 Å². The zero-order valence-electron chi connectivity index (χ0n) is 13.5. The van der Waals surface area contributed by atoms with E-state index in [4.69, 9.17) is 14.2 Å². The number of nitrogens with zero attached hydrogens (tertiary/aromatic N) is 1. The van der Waals surface area contributed by atoms with Crippen molar-refractivity contribution in [1.82, 2.24) is 4.90 Å². The van der Waals surface area contributed by atoms with Crippen molar-refractivity contribution in [2.75, 3.05) is 64.6 Å². The highest BCUT2D eigenvalue weighted by Gasteiger charge is 2.20. The van der Waals surface area contributed by atoms with E-state index < -0.39 is 0 Å². The first-order valence-electron chi connectivity index (χ1n) is 8.38. The van der Waals surface area contributed by atoms with Crippen LogP contribution in [0.5, 0.6) is 0 Å². The Morgan fingerprint density at radius 1 is 1.00 bits per heavy atom. The number of hydrogen-bond acceptors (Lipinski definition) is 4. The van der Waals surface area contributed by atoms with Crippen LogP contribution in [-0.4, -0.2) is 69.5 Å². The Morgan fingerprint density at radius 2 is 1.67 bits per heavy atom. The van der Waals surface area contributed by atoms with E-state index >= 15 is 0 Å². The molecule has 126 valence electrons. The number of likely N-dealkylation sites (tertiary alicyclic amines) is 1. The second-order valence-corrected chi connectivity index (χ2v) is 6.42. The van der Waals surface area contributed by atoms with Gasteiger partial charge in [0.1, 0.15) is 0 Å². The van der Waals surface area contributed by atoms with Crippen LogP contribution in [-0.2, 0) is 14.2 Å². The molecule has 0 aliphatic carbocycles. The molecule has 0 amide bonds. The molecule has 1 heterocycles. The van der Waals surface area contributed by atoms with Crippen molar-refractivity contribution in [3.05, 3.63) is 0 Å². The molecule has 1 unspecified atom stereocenters. The van der Waals surface area contributed by atoms with E-state index in [1.54, 1.807) is 0 Å². The van der Waals surface area contributed by atoms with Crippen LogP contribution in [0.1, 0.15) is 32.6 Å². The van der Waals surface area contributed by atoms with Crippen molar-refractivity contribution >= 4 is 15.9 Å². The van der Waals surface area contributed by atoms with E-state index in [-0.39, 0.29) is 0 Å². The molecule has 5 heteroatoms. The summed E-state index contributed by atoms with van der Waals surface area (Å²) in [6.07, 6.45) is 4.96. The standard InChI is InChI=1S/C16H32BrNO3/c1-2-3-9-19-11-13-21-14-12-20-10-8-18-7-5-16(15-18)4-6-17/h16H,2-15H2,1H3. The fourth-order valence-electron chi connectivity index (χ4n) is 2.49. The molecule has 1 aliphatic rings. The fourth-order valence-corrected chi connectivity index (χ4v) is 3.14. The lowest BCUT2D eigenvalue weighted by Crippen LogP contribution is -2.26. The molecule has 0 bridgehead atoms. The van der Waals surface area contributed by atoms with Crippen LogP contribution in [0.25, 0.3) is 0 Å². The Bertz CT molecular complexity index is 232. The fraction of sp³-hybridized carbons (Fsp3) is 1.00. The molecule has 0 aromatic rings. The lowest BCUT2D eigenvalue weighted by molar-refractivity contribution is 0.0109. The Kier molecular flexibility index (Phi) is 12.9. The normalized spacial score (nSPS) is 19.4. The van der Waals surface area contributed by atoms with Crippen LogP contribution in [0.2, 0.25) is 0 Å². The van der Waals surface area contributed by atoms with Crippen LogP contribution < -0.4 is 0 Å². The molecule has 0 saturated carbocycles. The van der Waals surface area contributed by atoms with Crippen LogP contribution in [0, 0.1) is 5.92 Å². The molecule has 1 fully saturated rings. The first-order valence-corrected chi connectivity index (χ1v) is 9.50. The van der Waals surface area contributed by atoms with Gasteiger partial charge in [-0.25, -0.2) is 0 Å². The molecule has 0 aromatic heterocycles. The molecule has 1 saturated heterocycles. The molecule has 1 aliphatic heterocycles. The number of hydrogen-bond donors (Lipinski definition) is 0. The van der Waals surface area contributed by atoms with Gasteiger partial charge in [0.15, 0.2) is 0 Å². The minimum Gasteiger partial charge on any atom is -0.379 e. The molecule has 4 nitrogen and oxygen atoms in total. The molecule has 0 aromatic carbocycles. The summed E-state index contributed by atoms with van der Waals surface area (Å²) in [4.78, 5) is 2.51. The van der Waals surface area contributed by atoms with Crippen molar-refractivity contribution in [3.63, 3.8) is 0 Å². The van der Waals surface area contributed by atoms with Crippen LogP contribution >= 0.6 is 15.9 Å². The SMILES string of the molecule is CCCCOCCOCCOCCN1CCC(CCBr)C1. The monoisotopic (exact) mass is 365 g/mol. The lowest BCUT2D eigenvalue weighted by atomic mass is 10.1. The van der Waals surface area contributed by atoms with Crippen LogP contribution in [0.3, 0.4) is 0 Å². The third-order valence-corrected chi connectivity index (χ3v) is 4.28. The van der Waals surface area contributed by atoms with E-state index in [1.807, 2.05) is 0 Å². The van der Waals surface area contributed by atoms with Gasteiger partial charge >= 0.3 is 0 Å². The van der Waals surface area contributed by atoms with Crippen LogP contribution in [0.15, 0.2) is 0 Å². The maximum Gasteiger partial charge on any atom is 0.0701 e. The van der Waals surface area contributed by atoms with Gasteiger partial charge in [-0.3, -0.25) is 0 Å². The molecule has 0 N–H and O–H groups in total. The number of unbranched alkanes of at least 4 members (excludes halogenated alkanes) is 1. The summed E-state index contributed by atoms with van der Waals surface area (Å²) in [7, 11) is 0. The number of halogens is 1. The van der Waals surface area contributed by atoms with E-state index in [0.29, 0.717) is 26.4 Å². The van der Waals surface area contributed by atoms with Crippen LogP contribution in [0.4, 0.5) is 0 Å². The average molecular weight is 366 g/mol. The van der Waals surface area contributed by atoms with Gasteiger partial charge in [0.2, 0.25) is 0 Å². The van der Waals surface area contributed by atoms with Crippen molar-refractivity contribution in [3.8, 4) is 0 Å². The first-order chi connectivity index (χ1) is 10.4. The molecule has 0 spiro atoms. The van der Waals surface area contributed by atoms with E-state index in [9.17, 15) is 0 Å². The number of alkyl halides is 1. The highest BCUT2D eigenvalue weighted by Crippen LogP contribution is 2.19. The van der Waals surface area contributed by atoms with Gasteiger partial charge in [0.25, 0.3) is 0 Å². The summed E-state index contributed by atoms with van der Waals surface area (Å²) >= 11 is 3.52. The van der Waals surface area contributed by atoms with E-state index in [2.05, 4.69) is 27.8 Å². The Morgan fingerprint density at radius 3 is 2.33 bits per heavy atom. The number of ether oxygens (including phenoxy) is 3. The second kappa shape index (κ2) is 13.9. The average Bonchev–Trinajstić information content (AvgIpc) is 2.93. The predicted molar refractivity (Wildman–Crippen MR) is 90.3 cm³/mol. The molecule has 1 rings (SSSR count). The van der Waals surface area contributed by atoms with Crippen molar-refractivity contribution in [2.24, 2.45) is 5.92 Å². The molecular weight excluding hydrogens is 334 g/mol. The third-order valence-electron chi connectivity index (χ3n) is 3.83. The molecule has 1 atom stereocenters. The molecular formula is C16H32BrNO3. The summed E-state index contributed by atoms with van der Waals surface area (Å²) < 4.78 is 16.5. The summed E-state index contributed by atoms with van der Waals surface area (Å²) in [6, 6.07) is 0. The smallest absolute Gasteiger partial charge is 0.0701 e. The summed E-state index contributed by atoms with van der Waals surface area (Å²) in [5.41, 5.74) is 0. The summed E-state index contributed by atoms with van der Waals surface area (Å²) in [6.45, 7) is 10.1. The van der Waals surface area contributed by atoms with Gasteiger partial charge in [0.05, 0.1) is 33.0 Å². The molecule has 0 radical (unpaired) electrons. The minimum absolute atomic E-state index is 0.670. The highest BCUT2D eigenvalue weighted by molar-refractivity contribution is 9.09. The minimum atomic E-state index is 0.670. The zero-order chi connectivity index (χ0) is 15.2.